The number of benzene rings is 1. The maximum Gasteiger partial charge on any atom is 0.238 e. The standard InChI is InChI=1S/C14H19N3O/c1-11(2)17(9-8-15)10-14(18)16-13-7-5-4-6-12(13)3/h4-7,11H,9-10H2,1-3H3,(H,16,18). The second-order valence-electron chi connectivity index (χ2n) is 4.52. The number of rotatable bonds is 5. The summed E-state index contributed by atoms with van der Waals surface area (Å²) in [4.78, 5) is 13.7. The van der Waals surface area contributed by atoms with Crippen molar-refractivity contribution >= 4 is 11.6 Å². The minimum Gasteiger partial charge on any atom is -0.325 e. The molecule has 0 saturated heterocycles. The van der Waals surface area contributed by atoms with E-state index in [4.69, 9.17) is 5.26 Å². The number of aryl methyl sites for hydroxylation is 1. The first-order valence-electron chi connectivity index (χ1n) is 6.01. The first-order chi connectivity index (χ1) is 8.54. The van der Waals surface area contributed by atoms with Gasteiger partial charge in [-0.25, -0.2) is 0 Å². The Bertz CT molecular complexity index is 449. The van der Waals surface area contributed by atoms with Gasteiger partial charge in [0.05, 0.1) is 19.2 Å². The van der Waals surface area contributed by atoms with Gasteiger partial charge in [0.25, 0.3) is 0 Å². The molecule has 0 unspecified atom stereocenters. The van der Waals surface area contributed by atoms with Crippen molar-refractivity contribution in [2.75, 3.05) is 18.4 Å². The van der Waals surface area contributed by atoms with E-state index in [-0.39, 0.29) is 25.0 Å². The maximum atomic E-state index is 11.9. The summed E-state index contributed by atoms with van der Waals surface area (Å²) in [6, 6.07) is 9.89. The number of carbonyl (C=O) groups excluding carboxylic acids is 1. The molecule has 4 heteroatoms. The van der Waals surface area contributed by atoms with Gasteiger partial charge in [-0.15, -0.1) is 0 Å². The van der Waals surface area contributed by atoms with Crippen LogP contribution in [-0.2, 0) is 4.79 Å². The minimum absolute atomic E-state index is 0.0896. The highest BCUT2D eigenvalue weighted by Crippen LogP contribution is 2.13. The number of para-hydroxylation sites is 1. The summed E-state index contributed by atoms with van der Waals surface area (Å²) in [5.74, 6) is -0.0896. The highest BCUT2D eigenvalue weighted by molar-refractivity contribution is 5.92. The SMILES string of the molecule is Cc1ccccc1NC(=O)CN(CC#N)C(C)C. The number of nitrogens with one attached hydrogen (secondary N) is 1. The lowest BCUT2D eigenvalue weighted by Gasteiger charge is -2.22. The van der Waals surface area contributed by atoms with Crippen molar-refractivity contribution in [3.8, 4) is 6.07 Å². The highest BCUT2D eigenvalue weighted by atomic mass is 16.2. The molecule has 4 nitrogen and oxygen atoms in total. The van der Waals surface area contributed by atoms with Crippen LogP contribution in [0.4, 0.5) is 5.69 Å². The third-order valence-electron chi connectivity index (χ3n) is 2.77. The highest BCUT2D eigenvalue weighted by Gasteiger charge is 2.13. The zero-order valence-corrected chi connectivity index (χ0v) is 11.1. The van der Waals surface area contributed by atoms with E-state index >= 15 is 0 Å². The van der Waals surface area contributed by atoms with Gasteiger partial charge in [0, 0.05) is 11.7 Å². The summed E-state index contributed by atoms with van der Waals surface area (Å²) in [5.41, 5.74) is 1.85. The molecule has 1 rings (SSSR count). The van der Waals surface area contributed by atoms with E-state index in [2.05, 4.69) is 11.4 Å². The Labute approximate surface area is 108 Å². The van der Waals surface area contributed by atoms with Crippen LogP contribution in [0.5, 0.6) is 0 Å². The normalized spacial score (nSPS) is 10.4. The van der Waals surface area contributed by atoms with Gasteiger partial charge in [0.15, 0.2) is 0 Å². The molecule has 0 aliphatic rings. The molecule has 18 heavy (non-hydrogen) atoms. The van der Waals surface area contributed by atoms with Crippen LogP contribution in [0.25, 0.3) is 0 Å². The van der Waals surface area contributed by atoms with Crippen molar-refractivity contribution in [3.05, 3.63) is 29.8 Å². The monoisotopic (exact) mass is 245 g/mol. The zero-order valence-electron chi connectivity index (χ0n) is 11.1. The van der Waals surface area contributed by atoms with Crippen LogP contribution >= 0.6 is 0 Å². The average molecular weight is 245 g/mol. The molecule has 0 aromatic heterocycles. The Kier molecular flexibility index (Phi) is 5.34. The fourth-order valence-corrected chi connectivity index (χ4v) is 1.60. The Hall–Kier alpha value is -1.86. The number of carbonyl (C=O) groups is 1. The fourth-order valence-electron chi connectivity index (χ4n) is 1.60. The largest absolute Gasteiger partial charge is 0.325 e. The van der Waals surface area contributed by atoms with Crippen LogP contribution in [0.1, 0.15) is 19.4 Å². The Morgan fingerprint density at radius 3 is 2.67 bits per heavy atom. The lowest BCUT2D eigenvalue weighted by atomic mass is 10.2. The number of hydrogen-bond donors (Lipinski definition) is 1. The van der Waals surface area contributed by atoms with Crippen molar-refractivity contribution < 1.29 is 4.79 Å². The van der Waals surface area contributed by atoms with E-state index in [1.807, 2.05) is 49.9 Å². The summed E-state index contributed by atoms with van der Waals surface area (Å²) in [5, 5.41) is 11.6. The number of anilines is 1. The van der Waals surface area contributed by atoms with E-state index in [0.717, 1.165) is 11.3 Å². The molecular formula is C14H19N3O. The molecule has 96 valence electrons. The Morgan fingerprint density at radius 2 is 2.11 bits per heavy atom. The molecule has 1 N–H and O–H groups in total. The Balaban J connectivity index is 2.61. The molecule has 0 fully saturated rings. The first kappa shape index (κ1) is 14.2. The molecule has 0 spiro atoms. The number of nitrogens with zero attached hydrogens (tertiary/aromatic N) is 2. The molecule has 1 amide bonds. The lowest BCUT2D eigenvalue weighted by Crippen LogP contribution is -2.38. The van der Waals surface area contributed by atoms with Gasteiger partial charge >= 0.3 is 0 Å². The predicted octanol–water partition coefficient (Wildman–Crippen LogP) is 2.17. The summed E-state index contributed by atoms with van der Waals surface area (Å²) in [6.07, 6.45) is 0. The number of amides is 1. The fraction of sp³-hybridized carbons (Fsp3) is 0.429. The van der Waals surface area contributed by atoms with E-state index in [0.29, 0.717) is 0 Å². The van der Waals surface area contributed by atoms with Crippen LogP contribution in [0, 0.1) is 18.3 Å². The van der Waals surface area contributed by atoms with E-state index < -0.39 is 0 Å². The third kappa shape index (κ3) is 4.19. The summed E-state index contributed by atoms with van der Waals surface area (Å²) in [7, 11) is 0. The minimum atomic E-state index is -0.0896. The smallest absolute Gasteiger partial charge is 0.238 e. The Morgan fingerprint density at radius 1 is 1.44 bits per heavy atom. The zero-order chi connectivity index (χ0) is 13.5. The van der Waals surface area contributed by atoms with Crippen LogP contribution in [0.3, 0.4) is 0 Å². The van der Waals surface area contributed by atoms with Gasteiger partial charge in [0.2, 0.25) is 5.91 Å². The van der Waals surface area contributed by atoms with Gasteiger partial charge in [-0.3, -0.25) is 9.69 Å². The summed E-state index contributed by atoms with van der Waals surface area (Å²) >= 11 is 0. The number of nitriles is 1. The van der Waals surface area contributed by atoms with Gasteiger partial charge < -0.3 is 5.32 Å². The third-order valence-corrected chi connectivity index (χ3v) is 2.77. The summed E-state index contributed by atoms with van der Waals surface area (Å²) in [6.45, 7) is 6.39. The topological polar surface area (TPSA) is 56.1 Å². The molecule has 0 atom stereocenters. The molecular weight excluding hydrogens is 226 g/mol. The van der Waals surface area contributed by atoms with Gasteiger partial charge in [-0.1, -0.05) is 18.2 Å². The predicted molar refractivity (Wildman–Crippen MR) is 72.1 cm³/mol. The molecule has 1 aromatic carbocycles. The van der Waals surface area contributed by atoms with Gasteiger partial charge in [-0.05, 0) is 32.4 Å². The molecule has 0 aliphatic carbocycles. The van der Waals surface area contributed by atoms with E-state index in [9.17, 15) is 4.79 Å². The molecule has 0 saturated carbocycles. The van der Waals surface area contributed by atoms with Crippen molar-refractivity contribution in [2.24, 2.45) is 0 Å². The molecule has 0 heterocycles. The van der Waals surface area contributed by atoms with Gasteiger partial charge in [0.1, 0.15) is 0 Å². The number of hydrogen-bond acceptors (Lipinski definition) is 3. The molecule has 1 aromatic rings. The van der Waals surface area contributed by atoms with Crippen molar-refractivity contribution in [1.82, 2.24) is 4.90 Å². The molecule has 0 bridgehead atoms. The van der Waals surface area contributed by atoms with Crippen molar-refractivity contribution in [3.63, 3.8) is 0 Å². The molecule has 0 aliphatic heterocycles. The van der Waals surface area contributed by atoms with Crippen LogP contribution in [0.15, 0.2) is 24.3 Å². The van der Waals surface area contributed by atoms with Crippen LogP contribution in [-0.4, -0.2) is 29.9 Å². The quantitative estimate of drug-likeness (QED) is 0.809. The second kappa shape index (κ2) is 6.77. The van der Waals surface area contributed by atoms with Crippen molar-refractivity contribution in [2.45, 2.75) is 26.8 Å². The van der Waals surface area contributed by atoms with Crippen LogP contribution < -0.4 is 5.32 Å². The lowest BCUT2D eigenvalue weighted by molar-refractivity contribution is -0.117. The second-order valence-corrected chi connectivity index (χ2v) is 4.52. The van der Waals surface area contributed by atoms with Crippen molar-refractivity contribution in [1.29, 1.82) is 5.26 Å². The maximum absolute atomic E-state index is 11.9. The average Bonchev–Trinajstić information content (AvgIpc) is 2.31. The van der Waals surface area contributed by atoms with E-state index in [1.165, 1.54) is 0 Å². The first-order valence-corrected chi connectivity index (χ1v) is 6.01. The summed E-state index contributed by atoms with van der Waals surface area (Å²) < 4.78 is 0. The van der Waals surface area contributed by atoms with Crippen LogP contribution in [0.2, 0.25) is 0 Å². The van der Waals surface area contributed by atoms with Gasteiger partial charge in [-0.2, -0.15) is 5.26 Å². The molecule has 0 radical (unpaired) electrons. The van der Waals surface area contributed by atoms with E-state index in [1.54, 1.807) is 0 Å².